The lowest BCUT2D eigenvalue weighted by atomic mass is 9.85. The maximum Gasteiger partial charge on any atom is 0.309 e. The zero-order chi connectivity index (χ0) is 50.8. The number of benzene rings is 3. The van der Waals surface area contributed by atoms with Crippen molar-refractivity contribution in [1.29, 1.82) is 0 Å². The third kappa shape index (κ3) is 17.5. The van der Waals surface area contributed by atoms with E-state index < -0.39 is 47.3 Å². The zero-order valence-electron chi connectivity index (χ0n) is 45.3. The van der Waals surface area contributed by atoms with Crippen LogP contribution >= 0.6 is 0 Å². The van der Waals surface area contributed by atoms with Crippen molar-refractivity contribution in [3.8, 4) is 5.75 Å². The molecule has 0 N–H and O–H groups in total. The topological polar surface area (TPSA) is 90.9 Å². The first-order chi connectivity index (χ1) is 32.7. The molecule has 0 spiro atoms. The van der Waals surface area contributed by atoms with Crippen LogP contribution in [0.3, 0.4) is 0 Å². The van der Waals surface area contributed by atoms with Crippen LogP contribution < -0.4 is 4.74 Å². The first-order valence-electron chi connectivity index (χ1n) is 26.1. The highest BCUT2D eigenvalue weighted by Gasteiger charge is 2.50. The predicted molar refractivity (Wildman–Crippen MR) is 286 cm³/mol. The van der Waals surface area contributed by atoms with Gasteiger partial charge in [0, 0.05) is 18.8 Å². The van der Waals surface area contributed by atoms with Gasteiger partial charge in [0.1, 0.15) is 30.2 Å². The molecule has 3 aromatic carbocycles. The lowest BCUT2D eigenvalue weighted by Gasteiger charge is -2.48. The lowest BCUT2D eigenvalue weighted by molar-refractivity contribution is -0.279. The average molecular weight is 990 g/mol. The molecule has 1 heterocycles. The summed E-state index contributed by atoms with van der Waals surface area (Å²) in [4.78, 5) is 14.5. The van der Waals surface area contributed by atoms with Crippen molar-refractivity contribution in [3.05, 3.63) is 114 Å². The molecular weight excluding hydrogens is 897 g/mol. The third-order valence-electron chi connectivity index (χ3n) is 14.9. The van der Waals surface area contributed by atoms with Crippen molar-refractivity contribution in [2.24, 2.45) is 17.8 Å². The Kier molecular flexibility index (Phi) is 23.9. The normalized spacial score (nSPS) is 20.1. The summed E-state index contributed by atoms with van der Waals surface area (Å²) in [5, 5.41) is -0.0585. The Hall–Kier alpha value is -3.14. The molecule has 0 aromatic heterocycles. The summed E-state index contributed by atoms with van der Waals surface area (Å²) in [5.74, 6) is 0.885. The van der Waals surface area contributed by atoms with Gasteiger partial charge in [-0.2, -0.15) is 0 Å². The molecule has 8 atom stereocenters. The largest absolute Gasteiger partial charge is 0.497 e. The monoisotopic (exact) mass is 989 g/mol. The zero-order valence-corrected chi connectivity index (χ0v) is 47.3. The molecule has 1 aliphatic rings. The first-order valence-corrected chi connectivity index (χ1v) is 31.2. The number of hydrogen-bond donors (Lipinski definition) is 0. The van der Waals surface area contributed by atoms with E-state index in [1.807, 2.05) is 66.7 Å². The van der Waals surface area contributed by atoms with Gasteiger partial charge in [0.2, 0.25) is 0 Å². The number of esters is 1. The number of unbranched alkanes of at least 4 members (excludes halogenated alkanes) is 1. The fraction of sp³-hybridized carbons (Fsp3) is 0.638. The summed E-state index contributed by atoms with van der Waals surface area (Å²) in [6, 6.07) is 28.4. The molecule has 386 valence electrons. The average Bonchev–Trinajstić information content (AvgIpc) is 3.31. The van der Waals surface area contributed by atoms with Crippen LogP contribution in [0.1, 0.15) is 138 Å². The molecule has 1 aliphatic heterocycles. The first kappa shape index (κ1) is 58.4. The van der Waals surface area contributed by atoms with E-state index in [0.717, 1.165) is 35.3 Å². The lowest BCUT2D eigenvalue weighted by Crippen LogP contribution is -2.58. The molecule has 0 amide bonds. The summed E-state index contributed by atoms with van der Waals surface area (Å²) < 4.78 is 52.6. The van der Waals surface area contributed by atoms with Gasteiger partial charge in [0.05, 0.1) is 32.8 Å². The Morgan fingerprint density at radius 1 is 0.754 bits per heavy atom. The van der Waals surface area contributed by atoms with Crippen LogP contribution in [0.4, 0.5) is 0 Å². The third-order valence-corrected chi connectivity index (χ3v) is 25.5. The van der Waals surface area contributed by atoms with Crippen molar-refractivity contribution in [1.82, 2.24) is 0 Å². The summed E-state index contributed by atoms with van der Waals surface area (Å²) in [6.07, 6.45) is 5.42. The molecule has 11 heteroatoms. The number of ether oxygens (including phenoxy) is 6. The van der Waals surface area contributed by atoms with Gasteiger partial charge in [-0.15, -0.1) is 0 Å². The molecule has 3 aromatic rings. The van der Waals surface area contributed by atoms with Gasteiger partial charge >= 0.3 is 5.97 Å². The summed E-state index contributed by atoms with van der Waals surface area (Å²) in [7, 11) is -2.96. The van der Waals surface area contributed by atoms with Crippen LogP contribution in [0.25, 0.3) is 0 Å². The van der Waals surface area contributed by atoms with Gasteiger partial charge in [-0.1, -0.05) is 168 Å². The van der Waals surface area contributed by atoms with Gasteiger partial charge in [-0.25, -0.2) is 0 Å². The second-order valence-electron chi connectivity index (χ2n) is 22.0. The van der Waals surface area contributed by atoms with Crippen LogP contribution in [0.2, 0.25) is 34.8 Å². The minimum atomic E-state index is -2.36. The van der Waals surface area contributed by atoms with Crippen LogP contribution in [0.5, 0.6) is 5.75 Å². The van der Waals surface area contributed by atoms with E-state index in [2.05, 4.69) is 127 Å². The van der Waals surface area contributed by atoms with Gasteiger partial charge in [-0.3, -0.25) is 4.79 Å². The molecule has 1 saturated heterocycles. The fourth-order valence-electron chi connectivity index (χ4n) is 9.50. The molecule has 1 fully saturated rings. The Morgan fingerprint density at radius 2 is 1.35 bits per heavy atom. The Balaban J connectivity index is 1.57. The smallest absolute Gasteiger partial charge is 0.309 e. The number of carbonyl (C=O) groups is 1. The van der Waals surface area contributed by atoms with Crippen LogP contribution in [-0.4, -0.2) is 74.0 Å². The highest BCUT2D eigenvalue weighted by molar-refractivity contribution is 6.77. The minimum absolute atomic E-state index is 0.0585. The van der Waals surface area contributed by atoms with E-state index in [1.165, 1.54) is 0 Å². The molecule has 0 bridgehead atoms. The molecule has 4 rings (SSSR count). The number of hydrogen-bond acceptors (Lipinski definition) is 9. The molecule has 1 unspecified atom stereocenters. The van der Waals surface area contributed by atoms with Crippen molar-refractivity contribution < 1.29 is 42.1 Å². The van der Waals surface area contributed by atoms with Gasteiger partial charge in [0.15, 0.2) is 22.9 Å². The minimum Gasteiger partial charge on any atom is -0.497 e. The van der Waals surface area contributed by atoms with E-state index in [9.17, 15) is 4.79 Å². The molecule has 0 aliphatic carbocycles. The quantitative estimate of drug-likeness (QED) is 0.0292. The van der Waals surface area contributed by atoms with E-state index in [4.69, 9.17) is 37.3 Å². The van der Waals surface area contributed by atoms with Crippen molar-refractivity contribution in [3.63, 3.8) is 0 Å². The Morgan fingerprint density at radius 3 is 1.93 bits per heavy atom. The molecule has 0 radical (unpaired) electrons. The number of carbonyl (C=O) groups excluding carboxylic acids is 1. The summed E-state index contributed by atoms with van der Waals surface area (Å²) >= 11 is 0. The van der Waals surface area contributed by atoms with Gasteiger partial charge in [-0.05, 0) is 102 Å². The fourth-order valence-corrected chi connectivity index (χ4v) is 16.3. The van der Waals surface area contributed by atoms with Gasteiger partial charge < -0.3 is 37.3 Å². The van der Waals surface area contributed by atoms with Crippen LogP contribution in [0.15, 0.2) is 97.1 Å². The standard InChI is InChI=1S/C58H92O9Si2/c1-16-51(64-56(59)50(29-23-24-36-61-39-48-30-32-52(60-13)33-31-48)37-45(8)46(9)38-62-40-47-25-19-17-20-26-47)34-35-53-55(67-68(14,15)58(10,11)12)54(66-57(65-53)49-27-21-18-22-28-49)41-63-69(42(2)3,43(4)5)44(6)7/h17-22,25-28,30-35,42-46,50-51,53-55,57H,16,23-24,29,36-41H2,1-15H3/b35-34+/t45-,46-,50+,51?,53-,54+,55-,57-/m0/s1. The van der Waals surface area contributed by atoms with Crippen LogP contribution in [-0.2, 0) is 50.5 Å². The summed E-state index contributed by atoms with van der Waals surface area (Å²) in [5.41, 5.74) is 4.44. The maximum absolute atomic E-state index is 14.5. The highest BCUT2D eigenvalue weighted by Crippen LogP contribution is 2.45. The maximum atomic E-state index is 14.5. The Bertz CT molecular complexity index is 1890. The highest BCUT2D eigenvalue weighted by atomic mass is 28.4. The van der Waals surface area contributed by atoms with Crippen molar-refractivity contribution >= 4 is 22.6 Å². The predicted octanol–water partition coefficient (Wildman–Crippen LogP) is 14.8. The second-order valence-corrected chi connectivity index (χ2v) is 32.3. The van der Waals surface area contributed by atoms with Gasteiger partial charge in [0.25, 0.3) is 0 Å². The molecule has 0 saturated carbocycles. The van der Waals surface area contributed by atoms with Crippen LogP contribution in [0, 0.1) is 17.8 Å². The molecule has 69 heavy (non-hydrogen) atoms. The van der Waals surface area contributed by atoms with E-state index in [1.54, 1.807) is 7.11 Å². The molecular formula is C58H92O9Si2. The Labute approximate surface area is 421 Å². The molecule has 9 nitrogen and oxygen atoms in total. The van der Waals surface area contributed by atoms with Crippen molar-refractivity contribution in [2.75, 3.05) is 26.9 Å². The number of methoxy groups -OCH3 is 1. The number of rotatable bonds is 29. The summed E-state index contributed by atoms with van der Waals surface area (Å²) in [6.45, 7) is 34.5. The van der Waals surface area contributed by atoms with E-state index in [-0.39, 0.29) is 28.8 Å². The van der Waals surface area contributed by atoms with E-state index >= 15 is 0 Å². The van der Waals surface area contributed by atoms with Crippen molar-refractivity contribution in [2.45, 2.75) is 194 Å². The van der Waals surface area contributed by atoms with E-state index in [0.29, 0.717) is 68.9 Å². The second kappa shape index (κ2) is 28.2. The SMILES string of the molecule is CCC(/C=C/[C@@H]1O[C@H](c2ccccc2)O[C@H](CO[Si](C(C)C)(C(C)C)C(C)C)[C@H]1O[Si](C)(C)C(C)(C)C)OC(=O)[C@H](CCCCOCc1ccc(OC)cc1)C[C@H](C)[C@@H](C)COCc1ccccc1.